The first kappa shape index (κ1) is 11.7. The zero-order chi connectivity index (χ0) is 12.4. The molecule has 5 heteroatoms. The number of aromatic nitrogens is 2. The molecule has 0 fully saturated rings. The monoisotopic (exact) mass is 237 g/mol. The Morgan fingerprint density at radius 1 is 1.35 bits per heavy atom. The Morgan fingerprint density at radius 2 is 2.12 bits per heavy atom. The largest absolute Gasteiger partial charge is 0.322 e. The van der Waals surface area contributed by atoms with E-state index in [9.17, 15) is 8.78 Å². The summed E-state index contributed by atoms with van der Waals surface area (Å²) in [4.78, 5) is 0. The second kappa shape index (κ2) is 4.63. The summed E-state index contributed by atoms with van der Waals surface area (Å²) in [5.74, 6) is -0.988. The van der Waals surface area contributed by atoms with Crippen molar-refractivity contribution in [2.45, 2.75) is 19.5 Å². The summed E-state index contributed by atoms with van der Waals surface area (Å²) in [5, 5.41) is 4.05. The molecule has 2 rings (SSSR count). The van der Waals surface area contributed by atoms with Gasteiger partial charge < -0.3 is 5.73 Å². The number of nitrogens with zero attached hydrogens (tertiary/aromatic N) is 2. The molecule has 1 unspecified atom stereocenters. The SMILES string of the molecule is Cc1ccnn1CC(N)c1cc(F)ccc1F. The minimum absolute atomic E-state index is 0.167. The van der Waals surface area contributed by atoms with Crippen LogP contribution in [-0.4, -0.2) is 9.78 Å². The first-order valence-electron chi connectivity index (χ1n) is 5.27. The number of nitrogens with two attached hydrogens (primary N) is 1. The van der Waals surface area contributed by atoms with Gasteiger partial charge in [-0.2, -0.15) is 5.10 Å². The maximum atomic E-state index is 13.5. The highest BCUT2D eigenvalue weighted by molar-refractivity contribution is 5.22. The van der Waals surface area contributed by atoms with Gasteiger partial charge in [-0.05, 0) is 31.2 Å². The van der Waals surface area contributed by atoms with Crippen molar-refractivity contribution in [3.8, 4) is 0 Å². The Kier molecular flexibility index (Phi) is 3.19. The van der Waals surface area contributed by atoms with Crippen molar-refractivity contribution in [2.75, 3.05) is 0 Å². The van der Waals surface area contributed by atoms with Gasteiger partial charge in [-0.1, -0.05) is 0 Å². The quantitative estimate of drug-likeness (QED) is 0.889. The second-order valence-corrected chi connectivity index (χ2v) is 3.93. The molecule has 0 saturated carbocycles. The van der Waals surface area contributed by atoms with E-state index in [-0.39, 0.29) is 5.56 Å². The summed E-state index contributed by atoms with van der Waals surface area (Å²) in [7, 11) is 0. The average molecular weight is 237 g/mol. The molecule has 1 heterocycles. The second-order valence-electron chi connectivity index (χ2n) is 3.93. The summed E-state index contributed by atoms with van der Waals surface area (Å²) in [6.45, 7) is 2.20. The lowest BCUT2D eigenvalue weighted by Crippen LogP contribution is -2.20. The van der Waals surface area contributed by atoms with Crippen LogP contribution in [0.4, 0.5) is 8.78 Å². The van der Waals surface area contributed by atoms with Gasteiger partial charge in [0.2, 0.25) is 0 Å². The Hall–Kier alpha value is -1.75. The summed E-state index contributed by atoms with van der Waals surface area (Å²) in [6.07, 6.45) is 1.64. The van der Waals surface area contributed by atoms with Crippen molar-refractivity contribution in [1.29, 1.82) is 0 Å². The molecule has 2 aromatic rings. The fourth-order valence-corrected chi connectivity index (χ4v) is 1.67. The van der Waals surface area contributed by atoms with Crippen LogP contribution in [0.15, 0.2) is 30.5 Å². The van der Waals surface area contributed by atoms with E-state index in [0.29, 0.717) is 6.54 Å². The summed E-state index contributed by atoms with van der Waals surface area (Å²) >= 11 is 0. The number of hydrogen-bond acceptors (Lipinski definition) is 2. The Balaban J connectivity index is 2.23. The van der Waals surface area contributed by atoms with E-state index >= 15 is 0 Å². The minimum atomic E-state index is -0.621. The fourth-order valence-electron chi connectivity index (χ4n) is 1.67. The van der Waals surface area contributed by atoms with Crippen LogP contribution < -0.4 is 5.73 Å². The molecule has 1 aromatic carbocycles. The first-order valence-corrected chi connectivity index (χ1v) is 5.27. The Morgan fingerprint density at radius 3 is 2.76 bits per heavy atom. The molecule has 0 aliphatic heterocycles. The summed E-state index contributed by atoms with van der Waals surface area (Å²) in [5.41, 5.74) is 6.95. The van der Waals surface area contributed by atoms with Crippen LogP contribution in [0.1, 0.15) is 17.3 Å². The lowest BCUT2D eigenvalue weighted by Gasteiger charge is -2.14. The van der Waals surface area contributed by atoms with Gasteiger partial charge in [0.05, 0.1) is 12.6 Å². The van der Waals surface area contributed by atoms with Crippen LogP contribution in [0, 0.1) is 18.6 Å². The van der Waals surface area contributed by atoms with Gasteiger partial charge in [-0.15, -0.1) is 0 Å². The third kappa shape index (κ3) is 2.50. The molecule has 17 heavy (non-hydrogen) atoms. The maximum absolute atomic E-state index is 13.5. The van der Waals surface area contributed by atoms with E-state index in [1.54, 1.807) is 10.9 Å². The van der Waals surface area contributed by atoms with Crippen molar-refractivity contribution in [3.05, 3.63) is 53.4 Å². The molecule has 1 atom stereocenters. The molecular weight excluding hydrogens is 224 g/mol. The molecule has 0 aliphatic rings. The van der Waals surface area contributed by atoms with E-state index < -0.39 is 17.7 Å². The standard InChI is InChI=1S/C12H13F2N3/c1-8-4-5-16-17(8)7-12(15)10-6-9(13)2-3-11(10)14/h2-6,12H,7,15H2,1H3. The van der Waals surface area contributed by atoms with Gasteiger partial charge in [0.1, 0.15) is 11.6 Å². The lowest BCUT2D eigenvalue weighted by atomic mass is 10.1. The molecule has 2 N–H and O–H groups in total. The van der Waals surface area contributed by atoms with Gasteiger partial charge >= 0.3 is 0 Å². The molecule has 1 aromatic heterocycles. The topological polar surface area (TPSA) is 43.8 Å². The Bertz CT molecular complexity index is 522. The number of benzene rings is 1. The van der Waals surface area contributed by atoms with Crippen molar-refractivity contribution in [2.24, 2.45) is 5.73 Å². The summed E-state index contributed by atoms with van der Waals surface area (Å²) < 4.78 is 28.2. The van der Waals surface area contributed by atoms with Gasteiger partial charge in [0.25, 0.3) is 0 Å². The van der Waals surface area contributed by atoms with Crippen molar-refractivity contribution in [3.63, 3.8) is 0 Å². The summed E-state index contributed by atoms with van der Waals surface area (Å²) in [6, 6.07) is 4.49. The van der Waals surface area contributed by atoms with Crippen LogP contribution in [0.25, 0.3) is 0 Å². The zero-order valence-electron chi connectivity index (χ0n) is 9.40. The fraction of sp³-hybridized carbons (Fsp3) is 0.250. The van der Waals surface area contributed by atoms with E-state index in [4.69, 9.17) is 5.73 Å². The lowest BCUT2D eigenvalue weighted by molar-refractivity contribution is 0.489. The molecule has 3 nitrogen and oxygen atoms in total. The number of halogens is 2. The third-order valence-electron chi connectivity index (χ3n) is 2.66. The minimum Gasteiger partial charge on any atom is -0.322 e. The van der Waals surface area contributed by atoms with Crippen molar-refractivity contribution < 1.29 is 8.78 Å². The molecular formula is C12H13F2N3. The zero-order valence-corrected chi connectivity index (χ0v) is 9.40. The van der Waals surface area contributed by atoms with E-state index in [0.717, 1.165) is 23.9 Å². The molecule has 0 aliphatic carbocycles. The highest BCUT2D eigenvalue weighted by Gasteiger charge is 2.14. The van der Waals surface area contributed by atoms with Crippen LogP contribution >= 0.6 is 0 Å². The van der Waals surface area contributed by atoms with Gasteiger partial charge in [-0.3, -0.25) is 4.68 Å². The normalized spacial score (nSPS) is 12.7. The van der Waals surface area contributed by atoms with Crippen molar-refractivity contribution >= 4 is 0 Å². The number of aryl methyl sites for hydroxylation is 1. The molecule has 0 radical (unpaired) electrons. The maximum Gasteiger partial charge on any atom is 0.128 e. The molecule has 0 saturated heterocycles. The van der Waals surface area contributed by atoms with Gasteiger partial charge in [0.15, 0.2) is 0 Å². The predicted octanol–water partition coefficient (Wildman–Crippen LogP) is 2.17. The van der Waals surface area contributed by atoms with Gasteiger partial charge in [0, 0.05) is 17.5 Å². The van der Waals surface area contributed by atoms with Crippen LogP contribution in [-0.2, 0) is 6.54 Å². The van der Waals surface area contributed by atoms with Crippen molar-refractivity contribution in [1.82, 2.24) is 9.78 Å². The van der Waals surface area contributed by atoms with E-state index in [1.165, 1.54) is 0 Å². The first-order chi connectivity index (χ1) is 8.08. The van der Waals surface area contributed by atoms with Gasteiger partial charge in [-0.25, -0.2) is 8.78 Å². The average Bonchev–Trinajstić information content (AvgIpc) is 2.68. The molecule has 0 spiro atoms. The molecule has 0 amide bonds. The third-order valence-corrected chi connectivity index (χ3v) is 2.66. The predicted molar refractivity (Wildman–Crippen MR) is 60.3 cm³/mol. The van der Waals surface area contributed by atoms with Crippen LogP contribution in [0.5, 0.6) is 0 Å². The van der Waals surface area contributed by atoms with E-state index in [1.807, 2.05) is 13.0 Å². The van der Waals surface area contributed by atoms with Crippen LogP contribution in [0.2, 0.25) is 0 Å². The smallest absolute Gasteiger partial charge is 0.128 e. The molecule has 90 valence electrons. The van der Waals surface area contributed by atoms with E-state index in [2.05, 4.69) is 5.10 Å². The highest BCUT2D eigenvalue weighted by atomic mass is 19.1. The highest BCUT2D eigenvalue weighted by Crippen LogP contribution is 2.18. The Labute approximate surface area is 97.9 Å². The number of hydrogen-bond donors (Lipinski definition) is 1. The number of rotatable bonds is 3. The molecule has 0 bridgehead atoms. The van der Waals surface area contributed by atoms with Crippen LogP contribution in [0.3, 0.4) is 0 Å².